The smallest absolute Gasteiger partial charge is 0.252 e. The van der Waals surface area contributed by atoms with E-state index in [0.29, 0.717) is 25.7 Å². The zero-order valence-electron chi connectivity index (χ0n) is 19.2. The highest BCUT2D eigenvalue weighted by Crippen LogP contribution is 2.29. The van der Waals surface area contributed by atoms with Gasteiger partial charge in [0.2, 0.25) is 0 Å². The lowest BCUT2D eigenvalue weighted by atomic mass is 10.0. The second kappa shape index (κ2) is 9.23. The molecule has 4 aromatic rings. The first-order chi connectivity index (χ1) is 16.1. The van der Waals surface area contributed by atoms with Gasteiger partial charge < -0.3 is 4.98 Å². The number of aromatic nitrogens is 6. The maximum Gasteiger partial charge on any atom is 0.252 e. The Bertz CT molecular complexity index is 1310. The van der Waals surface area contributed by atoms with Crippen LogP contribution in [0.5, 0.6) is 0 Å². The topological polar surface area (TPSA) is 92.6 Å². The van der Waals surface area contributed by atoms with Crippen LogP contribution < -0.4 is 5.56 Å². The number of aryl methyl sites for hydroxylation is 2. The molecule has 3 heterocycles. The van der Waals surface area contributed by atoms with E-state index >= 15 is 0 Å². The number of pyridine rings is 2. The molecule has 0 amide bonds. The molecule has 170 valence electrons. The van der Waals surface area contributed by atoms with Gasteiger partial charge in [-0.2, -0.15) is 0 Å². The third-order valence-corrected chi connectivity index (χ3v) is 6.65. The standard InChI is InChI=1S/C25H29N7O/c1-17-10-20-12-21(25(33)27-23(20)11-18(17)2)15-31(14-19-6-5-9-26-13-19)16-24-28-29-30-32(24)22-7-3-4-8-22/h5-6,9-13,22H,3-4,7-8,14-16H2,1-2H3,(H,27,33). The van der Waals surface area contributed by atoms with Crippen molar-refractivity contribution in [3.05, 3.63) is 81.2 Å². The maximum absolute atomic E-state index is 13.0. The number of tetrazole rings is 1. The van der Waals surface area contributed by atoms with E-state index in [4.69, 9.17) is 0 Å². The molecule has 0 saturated heterocycles. The van der Waals surface area contributed by atoms with Gasteiger partial charge in [0, 0.05) is 36.6 Å². The molecule has 1 aromatic carbocycles. The Hall–Kier alpha value is -3.39. The summed E-state index contributed by atoms with van der Waals surface area (Å²) in [5.74, 6) is 0.842. The SMILES string of the molecule is Cc1cc2cc(CN(Cc3cccnc3)Cc3nnnn3C3CCCC3)c(=O)[nH]c2cc1C. The van der Waals surface area contributed by atoms with Gasteiger partial charge in [-0.3, -0.25) is 14.7 Å². The van der Waals surface area contributed by atoms with Gasteiger partial charge in [0.05, 0.1) is 12.6 Å². The number of benzene rings is 1. The Balaban J connectivity index is 1.46. The molecule has 0 radical (unpaired) electrons. The Morgan fingerprint density at radius 1 is 1.09 bits per heavy atom. The summed E-state index contributed by atoms with van der Waals surface area (Å²) in [6.45, 7) is 5.85. The molecule has 8 heteroatoms. The van der Waals surface area contributed by atoms with Crippen LogP contribution in [0.1, 0.15) is 59.8 Å². The fraction of sp³-hybridized carbons (Fsp3) is 0.400. The summed E-state index contributed by atoms with van der Waals surface area (Å²) in [7, 11) is 0. The molecular weight excluding hydrogens is 414 g/mol. The van der Waals surface area contributed by atoms with Crippen LogP contribution in [0.4, 0.5) is 0 Å². The molecule has 33 heavy (non-hydrogen) atoms. The van der Waals surface area contributed by atoms with Crippen LogP contribution in [0.3, 0.4) is 0 Å². The average Bonchev–Trinajstić information content (AvgIpc) is 3.48. The fourth-order valence-electron chi connectivity index (χ4n) is 4.75. The van der Waals surface area contributed by atoms with Crippen molar-refractivity contribution in [2.45, 2.75) is 65.2 Å². The molecule has 0 bridgehead atoms. The van der Waals surface area contributed by atoms with Crippen LogP contribution in [-0.2, 0) is 19.6 Å². The number of aromatic amines is 1. The molecule has 1 fully saturated rings. The lowest BCUT2D eigenvalue weighted by molar-refractivity contribution is 0.231. The van der Waals surface area contributed by atoms with Crippen LogP contribution in [0.2, 0.25) is 0 Å². The quantitative estimate of drug-likeness (QED) is 0.466. The van der Waals surface area contributed by atoms with Crippen LogP contribution in [0.25, 0.3) is 10.9 Å². The van der Waals surface area contributed by atoms with Gasteiger partial charge in [0.15, 0.2) is 5.82 Å². The van der Waals surface area contributed by atoms with E-state index < -0.39 is 0 Å². The number of rotatable bonds is 7. The summed E-state index contributed by atoms with van der Waals surface area (Å²) >= 11 is 0. The van der Waals surface area contributed by atoms with Gasteiger partial charge in [0.25, 0.3) is 5.56 Å². The highest BCUT2D eigenvalue weighted by Gasteiger charge is 2.23. The van der Waals surface area contributed by atoms with Crippen molar-refractivity contribution in [3.63, 3.8) is 0 Å². The summed E-state index contributed by atoms with van der Waals surface area (Å²) in [6, 6.07) is 10.5. The zero-order chi connectivity index (χ0) is 22.8. The van der Waals surface area contributed by atoms with E-state index in [1.807, 2.05) is 29.1 Å². The molecule has 1 saturated carbocycles. The van der Waals surface area contributed by atoms with Crippen molar-refractivity contribution < 1.29 is 0 Å². The van der Waals surface area contributed by atoms with Crippen molar-refractivity contribution in [1.82, 2.24) is 35.1 Å². The number of fused-ring (bicyclic) bond motifs is 1. The lowest BCUT2D eigenvalue weighted by Crippen LogP contribution is -2.28. The molecule has 0 spiro atoms. The van der Waals surface area contributed by atoms with Gasteiger partial charge in [-0.25, -0.2) is 4.68 Å². The van der Waals surface area contributed by atoms with Crippen LogP contribution in [0, 0.1) is 13.8 Å². The minimum atomic E-state index is -0.0580. The maximum atomic E-state index is 13.0. The summed E-state index contributed by atoms with van der Waals surface area (Å²) in [5, 5.41) is 13.6. The van der Waals surface area contributed by atoms with Crippen molar-refractivity contribution in [2.75, 3.05) is 0 Å². The lowest BCUT2D eigenvalue weighted by Gasteiger charge is -2.22. The van der Waals surface area contributed by atoms with Crippen molar-refractivity contribution >= 4 is 10.9 Å². The number of nitrogens with one attached hydrogen (secondary N) is 1. The average molecular weight is 444 g/mol. The Kier molecular flexibility index (Phi) is 6.00. The second-order valence-electron chi connectivity index (χ2n) is 9.13. The molecule has 1 aliphatic carbocycles. The van der Waals surface area contributed by atoms with Crippen LogP contribution in [-0.4, -0.2) is 35.1 Å². The Morgan fingerprint density at radius 3 is 2.70 bits per heavy atom. The number of hydrogen-bond acceptors (Lipinski definition) is 6. The van der Waals surface area contributed by atoms with Crippen molar-refractivity contribution in [3.8, 4) is 0 Å². The third-order valence-electron chi connectivity index (χ3n) is 6.65. The Labute approximate surface area is 192 Å². The highest BCUT2D eigenvalue weighted by atomic mass is 16.1. The molecule has 0 unspecified atom stereocenters. The van der Waals surface area contributed by atoms with E-state index in [2.05, 4.69) is 56.4 Å². The molecule has 1 aliphatic rings. The summed E-state index contributed by atoms with van der Waals surface area (Å²) in [5.41, 5.74) is 5.01. The van der Waals surface area contributed by atoms with E-state index in [-0.39, 0.29) is 5.56 Å². The summed E-state index contributed by atoms with van der Waals surface area (Å²) < 4.78 is 1.99. The van der Waals surface area contributed by atoms with E-state index in [0.717, 1.165) is 40.7 Å². The number of hydrogen-bond donors (Lipinski definition) is 1. The van der Waals surface area contributed by atoms with E-state index in [1.54, 1.807) is 6.20 Å². The van der Waals surface area contributed by atoms with E-state index in [9.17, 15) is 4.79 Å². The molecular formula is C25H29N7O. The number of nitrogens with zero attached hydrogens (tertiary/aromatic N) is 6. The normalized spacial score (nSPS) is 14.5. The van der Waals surface area contributed by atoms with Crippen LogP contribution in [0.15, 0.2) is 47.5 Å². The first kappa shape index (κ1) is 21.5. The Morgan fingerprint density at radius 2 is 1.91 bits per heavy atom. The van der Waals surface area contributed by atoms with Gasteiger partial charge in [-0.1, -0.05) is 18.9 Å². The van der Waals surface area contributed by atoms with Gasteiger partial charge >= 0.3 is 0 Å². The first-order valence-electron chi connectivity index (χ1n) is 11.6. The van der Waals surface area contributed by atoms with Crippen molar-refractivity contribution in [1.29, 1.82) is 0 Å². The minimum Gasteiger partial charge on any atom is -0.322 e. The molecule has 5 rings (SSSR count). The predicted molar refractivity (Wildman–Crippen MR) is 127 cm³/mol. The zero-order valence-corrected chi connectivity index (χ0v) is 19.2. The first-order valence-corrected chi connectivity index (χ1v) is 11.6. The van der Waals surface area contributed by atoms with Crippen LogP contribution >= 0.6 is 0 Å². The van der Waals surface area contributed by atoms with Crippen molar-refractivity contribution in [2.24, 2.45) is 0 Å². The molecule has 1 N–H and O–H groups in total. The largest absolute Gasteiger partial charge is 0.322 e. The fourth-order valence-corrected chi connectivity index (χ4v) is 4.75. The highest BCUT2D eigenvalue weighted by molar-refractivity contribution is 5.80. The molecule has 0 aliphatic heterocycles. The molecule has 8 nitrogen and oxygen atoms in total. The predicted octanol–water partition coefficient (Wildman–Crippen LogP) is 3.84. The van der Waals surface area contributed by atoms with Gasteiger partial charge in [-0.15, -0.1) is 5.10 Å². The molecule has 3 aromatic heterocycles. The summed E-state index contributed by atoms with van der Waals surface area (Å²) in [4.78, 5) is 22.5. The molecule has 0 atom stereocenters. The summed E-state index contributed by atoms with van der Waals surface area (Å²) in [6.07, 6.45) is 8.30. The van der Waals surface area contributed by atoms with Gasteiger partial charge in [0.1, 0.15) is 0 Å². The monoisotopic (exact) mass is 443 g/mol. The van der Waals surface area contributed by atoms with E-state index in [1.165, 1.54) is 24.0 Å². The minimum absolute atomic E-state index is 0.0580. The van der Waals surface area contributed by atoms with Gasteiger partial charge in [-0.05, 0) is 83.5 Å². The number of H-pyrrole nitrogens is 1. The third kappa shape index (κ3) is 4.71. The second-order valence-corrected chi connectivity index (χ2v) is 9.13.